The number of rotatable bonds is 4. The number of benzene rings is 1. The number of hydrogen-bond donors (Lipinski definition) is 1. The van der Waals surface area contributed by atoms with E-state index >= 15 is 0 Å². The monoisotopic (exact) mass is 271 g/mol. The van der Waals surface area contributed by atoms with Gasteiger partial charge in [-0.05, 0) is 35.2 Å². The van der Waals surface area contributed by atoms with Gasteiger partial charge in [-0.25, -0.2) is 13.2 Å². The van der Waals surface area contributed by atoms with Crippen molar-refractivity contribution < 1.29 is 13.2 Å². The van der Waals surface area contributed by atoms with Gasteiger partial charge in [-0.2, -0.15) is 11.3 Å². The van der Waals surface area contributed by atoms with E-state index in [0.29, 0.717) is 25.0 Å². The molecule has 0 fully saturated rings. The zero-order valence-electron chi connectivity index (χ0n) is 9.50. The summed E-state index contributed by atoms with van der Waals surface area (Å²) >= 11 is 1.56. The van der Waals surface area contributed by atoms with Crippen LogP contribution in [0.25, 0.3) is 0 Å². The first kappa shape index (κ1) is 13.1. The lowest BCUT2D eigenvalue weighted by Crippen LogP contribution is -2.15. The van der Waals surface area contributed by atoms with E-state index in [-0.39, 0.29) is 5.56 Å². The minimum Gasteiger partial charge on any atom is -0.324 e. The zero-order valence-corrected chi connectivity index (χ0v) is 10.3. The standard InChI is InChI=1S/C13H12F3NS/c14-9-5-10(15)13(11(16)6-9)12(17)2-1-8-3-4-18-7-8/h3-7,12H,1-2,17H2. The molecule has 1 heterocycles. The van der Waals surface area contributed by atoms with Crippen molar-refractivity contribution in [2.45, 2.75) is 18.9 Å². The summed E-state index contributed by atoms with van der Waals surface area (Å²) in [6.07, 6.45) is 1.05. The van der Waals surface area contributed by atoms with Crippen molar-refractivity contribution in [3.05, 3.63) is 57.5 Å². The molecule has 2 rings (SSSR count). The highest BCUT2D eigenvalue weighted by atomic mass is 32.1. The van der Waals surface area contributed by atoms with Gasteiger partial charge in [0.2, 0.25) is 0 Å². The van der Waals surface area contributed by atoms with Crippen LogP contribution in [-0.4, -0.2) is 0 Å². The maximum atomic E-state index is 13.5. The molecule has 0 aliphatic heterocycles. The molecule has 1 unspecified atom stereocenters. The molecule has 0 aliphatic rings. The van der Waals surface area contributed by atoms with Gasteiger partial charge in [0.15, 0.2) is 0 Å². The van der Waals surface area contributed by atoms with Gasteiger partial charge >= 0.3 is 0 Å². The van der Waals surface area contributed by atoms with Crippen LogP contribution in [0.5, 0.6) is 0 Å². The normalized spacial score (nSPS) is 12.7. The van der Waals surface area contributed by atoms with Crippen LogP contribution < -0.4 is 5.73 Å². The van der Waals surface area contributed by atoms with Crippen molar-refractivity contribution in [2.75, 3.05) is 0 Å². The lowest BCUT2D eigenvalue weighted by atomic mass is 10.00. The predicted octanol–water partition coefficient (Wildman–Crippen LogP) is 3.80. The molecule has 18 heavy (non-hydrogen) atoms. The third kappa shape index (κ3) is 2.91. The summed E-state index contributed by atoms with van der Waals surface area (Å²) in [5, 5.41) is 3.89. The smallest absolute Gasteiger partial charge is 0.133 e. The van der Waals surface area contributed by atoms with E-state index in [1.54, 1.807) is 11.3 Å². The van der Waals surface area contributed by atoms with E-state index in [0.717, 1.165) is 5.56 Å². The molecular weight excluding hydrogens is 259 g/mol. The van der Waals surface area contributed by atoms with E-state index in [1.807, 2.05) is 16.8 Å². The Kier molecular flexibility index (Phi) is 4.04. The van der Waals surface area contributed by atoms with Crippen molar-refractivity contribution in [3.8, 4) is 0 Å². The Bertz CT molecular complexity index is 502. The molecular formula is C13H12F3NS. The Hall–Kier alpha value is -1.33. The molecule has 1 nitrogen and oxygen atoms in total. The Morgan fingerprint density at radius 1 is 1.17 bits per heavy atom. The van der Waals surface area contributed by atoms with Gasteiger partial charge in [-0.3, -0.25) is 0 Å². The predicted molar refractivity (Wildman–Crippen MR) is 65.9 cm³/mol. The quantitative estimate of drug-likeness (QED) is 0.899. The highest BCUT2D eigenvalue weighted by Crippen LogP contribution is 2.24. The minimum absolute atomic E-state index is 0.244. The van der Waals surface area contributed by atoms with Crippen LogP contribution in [0.4, 0.5) is 13.2 Å². The molecule has 2 aromatic rings. The Morgan fingerprint density at radius 2 is 1.83 bits per heavy atom. The molecule has 2 N–H and O–H groups in total. The van der Waals surface area contributed by atoms with Crippen molar-refractivity contribution in [2.24, 2.45) is 5.73 Å². The summed E-state index contributed by atoms with van der Waals surface area (Å²) in [5.41, 5.74) is 6.60. The molecule has 96 valence electrons. The van der Waals surface area contributed by atoms with Gasteiger partial charge in [-0.1, -0.05) is 0 Å². The average molecular weight is 271 g/mol. The highest BCUT2D eigenvalue weighted by Gasteiger charge is 2.18. The Labute approximate surface area is 107 Å². The molecule has 0 saturated carbocycles. The summed E-state index contributed by atoms with van der Waals surface area (Å²) in [4.78, 5) is 0. The molecule has 0 amide bonds. The van der Waals surface area contributed by atoms with Crippen LogP contribution in [0.3, 0.4) is 0 Å². The lowest BCUT2D eigenvalue weighted by molar-refractivity contribution is 0.493. The molecule has 0 spiro atoms. The van der Waals surface area contributed by atoms with Gasteiger partial charge in [-0.15, -0.1) is 0 Å². The second kappa shape index (κ2) is 5.54. The number of nitrogens with two attached hydrogens (primary N) is 1. The van der Waals surface area contributed by atoms with Crippen LogP contribution in [0.15, 0.2) is 29.0 Å². The maximum absolute atomic E-state index is 13.5. The van der Waals surface area contributed by atoms with E-state index in [9.17, 15) is 13.2 Å². The van der Waals surface area contributed by atoms with Crippen molar-refractivity contribution in [1.82, 2.24) is 0 Å². The van der Waals surface area contributed by atoms with Crippen LogP contribution in [-0.2, 0) is 6.42 Å². The van der Waals surface area contributed by atoms with E-state index < -0.39 is 23.5 Å². The minimum atomic E-state index is -0.932. The maximum Gasteiger partial charge on any atom is 0.133 e. The number of hydrogen-bond acceptors (Lipinski definition) is 2. The van der Waals surface area contributed by atoms with E-state index in [1.165, 1.54) is 0 Å². The third-order valence-electron chi connectivity index (χ3n) is 2.74. The first-order valence-electron chi connectivity index (χ1n) is 5.49. The SMILES string of the molecule is NC(CCc1ccsc1)c1c(F)cc(F)cc1F. The molecule has 0 saturated heterocycles. The average Bonchev–Trinajstić information content (AvgIpc) is 2.77. The van der Waals surface area contributed by atoms with Gasteiger partial charge in [0.05, 0.1) is 0 Å². The highest BCUT2D eigenvalue weighted by molar-refractivity contribution is 7.07. The first-order valence-corrected chi connectivity index (χ1v) is 6.43. The Morgan fingerprint density at radius 3 is 2.39 bits per heavy atom. The van der Waals surface area contributed by atoms with Gasteiger partial charge in [0, 0.05) is 23.7 Å². The van der Waals surface area contributed by atoms with Crippen molar-refractivity contribution in [1.29, 1.82) is 0 Å². The van der Waals surface area contributed by atoms with Crippen molar-refractivity contribution in [3.63, 3.8) is 0 Å². The summed E-state index contributed by atoms with van der Waals surface area (Å²) in [5.74, 6) is -2.78. The third-order valence-corrected chi connectivity index (χ3v) is 3.47. The molecule has 1 aromatic heterocycles. The Balaban J connectivity index is 2.11. The molecule has 0 bridgehead atoms. The second-order valence-corrected chi connectivity index (χ2v) is 4.84. The zero-order chi connectivity index (χ0) is 13.1. The fraction of sp³-hybridized carbons (Fsp3) is 0.231. The molecule has 1 atom stereocenters. The van der Waals surface area contributed by atoms with Crippen molar-refractivity contribution >= 4 is 11.3 Å². The summed E-state index contributed by atoms with van der Waals surface area (Å²) < 4.78 is 39.7. The largest absolute Gasteiger partial charge is 0.324 e. The first-order chi connectivity index (χ1) is 8.58. The van der Waals surface area contributed by atoms with Gasteiger partial charge in [0.25, 0.3) is 0 Å². The van der Waals surface area contributed by atoms with Crippen LogP contribution >= 0.6 is 11.3 Å². The topological polar surface area (TPSA) is 26.0 Å². The molecule has 5 heteroatoms. The summed E-state index contributed by atoms with van der Waals surface area (Å²) in [7, 11) is 0. The number of aryl methyl sites for hydroxylation is 1. The van der Waals surface area contributed by atoms with E-state index in [2.05, 4.69) is 0 Å². The fourth-order valence-electron chi connectivity index (χ4n) is 1.81. The van der Waals surface area contributed by atoms with Crippen LogP contribution in [0.2, 0.25) is 0 Å². The fourth-order valence-corrected chi connectivity index (χ4v) is 2.51. The van der Waals surface area contributed by atoms with Gasteiger partial charge in [0.1, 0.15) is 17.5 Å². The summed E-state index contributed by atoms with van der Waals surface area (Å²) in [6.45, 7) is 0. The number of halogens is 3. The van der Waals surface area contributed by atoms with Crippen LogP contribution in [0, 0.1) is 17.5 Å². The number of thiophene rings is 1. The van der Waals surface area contributed by atoms with Crippen LogP contribution in [0.1, 0.15) is 23.6 Å². The lowest BCUT2D eigenvalue weighted by Gasteiger charge is -2.13. The molecule has 0 aliphatic carbocycles. The second-order valence-electron chi connectivity index (χ2n) is 4.06. The molecule has 0 radical (unpaired) electrons. The molecule has 1 aromatic carbocycles. The van der Waals surface area contributed by atoms with E-state index in [4.69, 9.17) is 5.73 Å². The summed E-state index contributed by atoms with van der Waals surface area (Å²) in [6, 6.07) is 2.48. The van der Waals surface area contributed by atoms with Gasteiger partial charge < -0.3 is 5.73 Å².